The Balaban J connectivity index is 2.44. The van der Waals surface area contributed by atoms with Crippen LogP contribution in [-0.4, -0.2) is 42.3 Å². The second-order valence-corrected chi connectivity index (χ2v) is 5.18. The molecule has 0 saturated carbocycles. The number of rotatable bonds is 2. The molecule has 1 fully saturated rings. The number of hydrogen-bond donors (Lipinski definition) is 1. The second-order valence-electron chi connectivity index (χ2n) is 5.18. The summed E-state index contributed by atoms with van der Waals surface area (Å²) in [5.41, 5.74) is -0.419. The molecular formula is C11H22N2O2. The predicted octanol–water partition coefficient (Wildman–Crippen LogP) is 1.60. The molecule has 0 aromatic rings. The Bertz CT molecular complexity index is 231. The average molecular weight is 214 g/mol. The molecule has 1 amide bonds. The fourth-order valence-electron chi connectivity index (χ4n) is 1.49. The first-order chi connectivity index (χ1) is 6.81. The Morgan fingerprint density at radius 3 is 2.40 bits per heavy atom. The number of carbonyl (C=O) groups is 1. The molecule has 0 aromatic heterocycles. The third-order valence-electron chi connectivity index (χ3n) is 2.74. The highest BCUT2D eigenvalue weighted by Crippen LogP contribution is 2.15. The van der Waals surface area contributed by atoms with Crippen LogP contribution in [0.5, 0.6) is 0 Å². The minimum atomic E-state index is -0.419. The molecule has 4 nitrogen and oxygen atoms in total. The Kier molecular flexibility index (Phi) is 3.60. The van der Waals surface area contributed by atoms with E-state index in [9.17, 15) is 4.79 Å². The summed E-state index contributed by atoms with van der Waals surface area (Å²) in [4.78, 5) is 13.4. The summed E-state index contributed by atoms with van der Waals surface area (Å²) in [6.45, 7) is 8.74. The zero-order chi connectivity index (χ0) is 11.6. The number of ether oxygens (including phenoxy) is 1. The molecule has 1 saturated heterocycles. The van der Waals surface area contributed by atoms with E-state index in [0.29, 0.717) is 6.04 Å². The van der Waals surface area contributed by atoms with Gasteiger partial charge in [0.2, 0.25) is 0 Å². The average Bonchev–Trinajstić information content (AvgIpc) is 1.96. The topological polar surface area (TPSA) is 41.6 Å². The lowest BCUT2D eigenvalue weighted by Gasteiger charge is -2.38. The van der Waals surface area contributed by atoms with Crippen molar-refractivity contribution in [3.05, 3.63) is 0 Å². The lowest BCUT2D eigenvalue weighted by atomic mass is 9.99. The predicted molar refractivity (Wildman–Crippen MR) is 59.9 cm³/mol. The van der Waals surface area contributed by atoms with Crippen LogP contribution in [0.25, 0.3) is 0 Å². The van der Waals surface area contributed by atoms with Gasteiger partial charge in [-0.3, -0.25) is 0 Å². The van der Waals surface area contributed by atoms with E-state index in [1.54, 1.807) is 11.9 Å². The number of nitrogens with one attached hydrogen (secondary N) is 1. The number of carbonyl (C=O) groups excluding carboxylic acids is 1. The van der Waals surface area contributed by atoms with Crippen molar-refractivity contribution in [3.8, 4) is 0 Å². The van der Waals surface area contributed by atoms with Gasteiger partial charge in [-0.05, 0) is 40.7 Å². The molecule has 0 bridgehead atoms. The molecule has 0 aliphatic carbocycles. The number of amides is 1. The number of hydrogen-bond acceptors (Lipinski definition) is 3. The largest absolute Gasteiger partial charge is 0.444 e. The number of nitrogens with zero attached hydrogens (tertiary/aromatic N) is 1. The van der Waals surface area contributed by atoms with Crippen molar-refractivity contribution in [1.29, 1.82) is 0 Å². The van der Waals surface area contributed by atoms with Crippen molar-refractivity contribution in [2.45, 2.75) is 51.8 Å². The van der Waals surface area contributed by atoms with E-state index in [4.69, 9.17) is 4.74 Å². The van der Waals surface area contributed by atoms with Crippen LogP contribution in [0.1, 0.15) is 34.1 Å². The Labute approximate surface area is 92.0 Å². The Morgan fingerprint density at radius 2 is 2.07 bits per heavy atom. The molecule has 0 radical (unpaired) electrons. The first kappa shape index (κ1) is 12.3. The lowest BCUT2D eigenvalue weighted by Crippen LogP contribution is -2.56. The zero-order valence-electron chi connectivity index (χ0n) is 10.3. The second kappa shape index (κ2) is 4.39. The van der Waals surface area contributed by atoms with Crippen molar-refractivity contribution >= 4 is 6.09 Å². The number of likely N-dealkylation sites (N-methyl/N-ethyl adjacent to an activating group) is 1. The monoisotopic (exact) mass is 214 g/mol. The SMILES string of the molecule is CC(C1CCN1)N(C)C(=O)OC(C)(C)C. The highest BCUT2D eigenvalue weighted by Gasteiger charge is 2.30. The molecule has 0 spiro atoms. The molecule has 4 heteroatoms. The normalized spacial score (nSPS) is 22.9. The summed E-state index contributed by atoms with van der Waals surface area (Å²) in [6.07, 6.45) is 0.887. The van der Waals surface area contributed by atoms with Crippen molar-refractivity contribution < 1.29 is 9.53 Å². The first-order valence-corrected chi connectivity index (χ1v) is 5.50. The summed E-state index contributed by atoms with van der Waals surface area (Å²) in [5.74, 6) is 0. The molecular weight excluding hydrogens is 192 g/mol. The van der Waals surface area contributed by atoms with Crippen molar-refractivity contribution in [2.24, 2.45) is 0 Å². The van der Waals surface area contributed by atoms with Gasteiger partial charge in [0.25, 0.3) is 0 Å². The van der Waals surface area contributed by atoms with Crippen LogP contribution in [0, 0.1) is 0 Å². The molecule has 1 aliphatic heterocycles. The first-order valence-electron chi connectivity index (χ1n) is 5.50. The molecule has 1 rings (SSSR count). The summed E-state index contributed by atoms with van der Waals surface area (Å²) in [7, 11) is 1.79. The van der Waals surface area contributed by atoms with Crippen molar-refractivity contribution in [2.75, 3.05) is 13.6 Å². The van der Waals surface area contributed by atoms with Gasteiger partial charge in [0.15, 0.2) is 0 Å². The van der Waals surface area contributed by atoms with E-state index in [-0.39, 0.29) is 12.1 Å². The minimum absolute atomic E-state index is 0.189. The van der Waals surface area contributed by atoms with Gasteiger partial charge in [-0.2, -0.15) is 0 Å². The van der Waals surface area contributed by atoms with Crippen LogP contribution in [0.15, 0.2) is 0 Å². The summed E-state index contributed by atoms with van der Waals surface area (Å²) in [5, 5.41) is 3.29. The molecule has 1 aliphatic rings. The fraction of sp³-hybridized carbons (Fsp3) is 0.909. The maximum Gasteiger partial charge on any atom is 0.410 e. The molecule has 15 heavy (non-hydrogen) atoms. The van der Waals surface area contributed by atoms with Gasteiger partial charge in [0.05, 0.1) is 0 Å². The fourth-order valence-corrected chi connectivity index (χ4v) is 1.49. The van der Waals surface area contributed by atoms with Gasteiger partial charge >= 0.3 is 6.09 Å². The van der Waals surface area contributed by atoms with Crippen LogP contribution in [0.4, 0.5) is 4.79 Å². The van der Waals surface area contributed by atoms with E-state index in [2.05, 4.69) is 5.32 Å². The lowest BCUT2D eigenvalue weighted by molar-refractivity contribution is 0.0177. The maximum atomic E-state index is 11.7. The maximum absolute atomic E-state index is 11.7. The third-order valence-corrected chi connectivity index (χ3v) is 2.74. The molecule has 2 unspecified atom stereocenters. The van der Waals surface area contributed by atoms with Crippen molar-refractivity contribution in [1.82, 2.24) is 10.2 Å². The van der Waals surface area contributed by atoms with E-state index in [0.717, 1.165) is 13.0 Å². The van der Waals surface area contributed by atoms with Crippen LogP contribution in [0.3, 0.4) is 0 Å². The van der Waals surface area contributed by atoms with Crippen LogP contribution in [-0.2, 0) is 4.74 Å². The summed E-state index contributed by atoms with van der Waals surface area (Å²) < 4.78 is 5.30. The van der Waals surface area contributed by atoms with Crippen molar-refractivity contribution in [3.63, 3.8) is 0 Å². The van der Waals surface area contributed by atoms with E-state index in [1.165, 1.54) is 0 Å². The van der Waals surface area contributed by atoms with Gasteiger partial charge in [0, 0.05) is 19.1 Å². The highest BCUT2D eigenvalue weighted by atomic mass is 16.6. The van der Waals surface area contributed by atoms with Gasteiger partial charge in [-0.15, -0.1) is 0 Å². The van der Waals surface area contributed by atoms with Gasteiger partial charge in [-0.1, -0.05) is 0 Å². The molecule has 2 atom stereocenters. The Morgan fingerprint density at radius 1 is 1.53 bits per heavy atom. The van der Waals surface area contributed by atoms with E-state index >= 15 is 0 Å². The van der Waals surface area contributed by atoms with Crippen LogP contribution < -0.4 is 5.32 Å². The summed E-state index contributed by atoms with van der Waals surface area (Å²) in [6, 6.07) is 0.608. The van der Waals surface area contributed by atoms with Crippen LogP contribution >= 0.6 is 0 Å². The van der Waals surface area contributed by atoms with Gasteiger partial charge < -0.3 is 15.0 Å². The smallest absolute Gasteiger partial charge is 0.410 e. The zero-order valence-corrected chi connectivity index (χ0v) is 10.3. The van der Waals surface area contributed by atoms with Gasteiger partial charge in [0.1, 0.15) is 5.60 Å². The molecule has 88 valence electrons. The molecule has 1 heterocycles. The highest BCUT2D eigenvalue weighted by molar-refractivity contribution is 5.68. The van der Waals surface area contributed by atoms with Gasteiger partial charge in [-0.25, -0.2) is 4.79 Å². The Hall–Kier alpha value is -0.770. The standard InChI is InChI=1S/C11H22N2O2/c1-8(9-6-7-12-9)13(5)10(14)15-11(2,3)4/h8-9,12H,6-7H2,1-5H3. The molecule has 1 N–H and O–H groups in total. The molecule has 0 aromatic carbocycles. The quantitative estimate of drug-likeness (QED) is 0.759. The van der Waals surface area contributed by atoms with E-state index in [1.807, 2.05) is 27.7 Å². The summed E-state index contributed by atoms with van der Waals surface area (Å²) >= 11 is 0. The third kappa shape index (κ3) is 3.38. The minimum Gasteiger partial charge on any atom is -0.444 e. The van der Waals surface area contributed by atoms with Crippen LogP contribution in [0.2, 0.25) is 0 Å². The van der Waals surface area contributed by atoms with E-state index < -0.39 is 5.60 Å².